The lowest BCUT2D eigenvalue weighted by Crippen LogP contribution is -2.48. The molecule has 1 aliphatic rings. The average molecular weight is 525 g/mol. The number of hydrogen-bond donors (Lipinski definition) is 1. The molecule has 2 heterocycles. The number of rotatable bonds is 6. The highest BCUT2D eigenvalue weighted by Gasteiger charge is 2.32. The van der Waals surface area contributed by atoms with Crippen molar-refractivity contribution in [3.8, 4) is 11.3 Å². The van der Waals surface area contributed by atoms with E-state index in [1.165, 1.54) is 15.6 Å². The summed E-state index contributed by atoms with van der Waals surface area (Å²) < 4.78 is 33.5. The Morgan fingerprint density at radius 1 is 1.18 bits per heavy atom. The lowest BCUT2D eigenvalue weighted by Gasteiger charge is -2.34. The van der Waals surface area contributed by atoms with Crippen molar-refractivity contribution < 1.29 is 13.2 Å². The highest BCUT2D eigenvalue weighted by molar-refractivity contribution is 7.89. The Labute approximate surface area is 207 Å². The fourth-order valence-corrected chi connectivity index (χ4v) is 6.28. The SMILES string of the molecule is C[C@H]1CN(S(=O)(=O)c2cccc(-c3csc(N/N=C/c4ccc(Cl)cc4Cl)n3)c2)C[C@H](C)O1. The van der Waals surface area contributed by atoms with E-state index in [4.69, 9.17) is 27.9 Å². The zero-order valence-electron chi connectivity index (χ0n) is 17.9. The van der Waals surface area contributed by atoms with Crippen molar-refractivity contribution in [3.63, 3.8) is 0 Å². The molecule has 7 nitrogen and oxygen atoms in total. The number of anilines is 1. The normalized spacial score (nSPS) is 19.8. The highest BCUT2D eigenvalue weighted by Crippen LogP contribution is 2.29. The lowest BCUT2D eigenvalue weighted by molar-refractivity contribution is -0.0440. The summed E-state index contributed by atoms with van der Waals surface area (Å²) in [5.41, 5.74) is 4.96. The minimum Gasteiger partial charge on any atom is -0.373 e. The number of hydrogen-bond acceptors (Lipinski definition) is 7. The summed E-state index contributed by atoms with van der Waals surface area (Å²) in [4.78, 5) is 4.75. The zero-order chi connectivity index (χ0) is 23.6. The predicted molar refractivity (Wildman–Crippen MR) is 134 cm³/mol. The lowest BCUT2D eigenvalue weighted by atomic mass is 10.2. The molecule has 1 aliphatic heterocycles. The fourth-order valence-electron chi connectivity index (χ4n) is 3.51. The first-order chi connectivity index (χ1) is 15.7. The van der Waals surface area contributed by atoms with Gasteiger partial charge in [-0.25, -0.2) is 13.4 Å². The molecule has 11 heteroatoms. The molecule has 174 valence electrons. The summed E-state index contributed by atoms with van der Waals surface area (Å²) in [7, 11) is -3.64. The molecule has 3 aromatic rings. The number of benzene rings is 2. The van der Waals surface area contributed by atoms with E-state index in [2.05, 4.69) is 15.5 Å². The quantitative estimate of drug-likeness (QED) is 0.346. The van der Waals surface area contributed by atoms with Crippen LogP contribution in [0, 0.1) is 0 Å². The Balaban J connectivity index is 1.49. The molecular weight excluding hydrogens is 503 g/mol. The molecule has 33 heavy (non-hydrogen) atoms. The van der Waals surface area contributed by atoms with Gasteiger partial charge in [-0.15, -0.1) is 11.3 Å². The molecule has 0 bridgehead atoms. The second-order valence-electron chi connectivity index (χ2n) is 7.68. The van der Waals surface area contributed by atoms with Gasteiger partial charge in [0.05, 0.1) is 34.0 Å². The van der Waals surface area contributed by atoms with E-state index in [9.17, 15) is 8.42 Å². The molecule has 2 aromatic carbocycles. The molecule has 0 spiro atoms. The topological polar surface area (TPSA) is 83.9 Å². The van der Waals surface area contributed by atoms with Gasteiger partial charge >= 0.3 is 0 Å². The first-order valence-electron chi connectivity index (χ1n) is 10.2. The van der Waals surface area contributed by atoms with Crippen molar-refractivity contribution in [2.75, 3.05) is 18.5 Å². The Morgan fingerprint density at radius 2 is 1.94 bits per heavy atom. The highest BCUT2D eigenvalue weighted by atomic mass is 35.5. The Morgan fingerprint density at radius 3 is 2.67 bits per heavy atom. The second-order valence-corrected chi connectivity index (χ2v) is 11.3. The number of morpholine rings is 1. The standard InChI is InChI=1S/C22H22Cl2N4O3S2/c1-14-11-28(12-15(2)31-14)33(29,30)19-5-3-4-16(8-19)21-13-32-22(26-21)27-25-10-17-6-7-18(23)9-20(17)24/h3-10,13-15H,11-12H2,1-2H3,(H,26,27)/b25-10+/t14-,15-/m0/s1. The van der Waals surface area contributed by atoms with E-state index in [1.807, 2.05) is 25.3 Å². The minimum absolute atomic E-state index is 0.151. The third kappa shape index (κ3) is 5.74. The summed E-state index contributed by atoms with van der Waals surface area (Å²) in [6, 6.07) is 12.0. The number of thiazole rings is 1. The van der Waals surface area contributed by atoms with Crippen LogP contribution in [0.1, 0.15) is 19.4 Å². The van der Waals surface area contributed by atoms with Crippen LogP contribution >= 0.6 is 34.5 Å². The maximum atomic E-state index is 13.2. The van der Waals surface area contributed by atoms with Crippen molar-refractivity contribution in [1.82, 2.24) is 9.29 Å². The second kappa shape index (κ2) is 10.1. The van der Waals surface area contributed by atoms with Crippen LogP contribution in [-0.4, -0.2) is 49.2 Å². The molecule has 1 N–H and O–H groups in total. The zero-order valence-corrected chi connectivity index (χ0v) is 21.0. The van der Waals surface area contributed by atoms with Crippen molar-refractivity contribution in [3.05, 3.63) is 63.5 Å². The van der Waals surface area contributed by atoms with E-state index in [1.54, 1.807) is 42.6 Å². The first-order valence-corrected chi connectivity index (χ1v) is 13.3. The number of aromatic nitrogens is 1. The fraction of sp³-hybridized carbons (Fsp3) is 0.273. The number of nitrogens with zero attached hydrogens (tertiary/aromatic N) is 3. The van der Waals surface area contributed by atoms with Crippen molar-refractivity contribution in [1.29, 1.82) is 0 Å². The average Bonchev–Trinajstić information content (AvgIpc) is 3.24. The van der Waals surface area contributed by atoms with Crippen molar-refractivity contribution >= 4 is 55.9 Å². The maximum Gasteiger partial charge on any atom is 0.243 e. The number of ether oxygens (including phenoxy) is 1. The van der Waals surface area contributed by atoms with Gasteiger partial charge in [0.1, 0.15) is 0 Å². The number of sulfonamides is 1. The monoisotopic (exact) mass is 524 g/mol. The summed E-state index contributed by atoms with van der Waals surface area (Å²) in [5.74, 6) is 0. The number of hydrazone groups is 1. The van der Waals surface area contributed by atoms with Crippen molar-refractivity contribution in [2.24, 2.45) is 5.10 Å². The van der Waals surface area contributed by atoms with Crippen molar-refractivity contribution in [2.45, 2.75) is 31.0 Å². The molecule has 0 aliphatic carbocycles. The van der Waals surface area contributed by atoms with Gasteiger partial charge in [-0.3, -0.25) is 5.43 Å². The minimum atomic E-state index is -3.64. The molecular formula is C22H22Cl2N4O3S2. The van der Waals surface area contributed by atoms with Crippen LogP contribution in [0.5, 0.6) is 0 Å². The summed E-state index contributed by atoms with van der Waals surface area (Å²) in [6.45, 7) is 4.41. The third-order valence-corrected chi connectivity index (χ3v) is 8.12. The molecule has 1 fully saturated rings. The summed E-state index contributed by atoms with van der Waals surface area (Å²) in [5, 5.41) is 7.63. The van der Waals surface area contributed by atoms with Gasteiger partial charge in [-0.05, 0) is 38.1 Å². The molecule has 0 saturated carbocycles. The smallest absolute Gasteiger partial charge is 0.243 e. The van der Waals surface area contributed by atoms with Gasteiger partial charge in [0, 0.05) is 34.6 Å². The van der Waals surface area contributed by atoms with E-state index >= 15 is 0 Å². The van der Waals surface area contributed by atoms with Gasteiger partial charge in [0.15, 0.2) is 0 Å². The van der Waals surface area contributed by atoms with Crippen LogP contribution in [0.2, 0.25) is 10.0 Å². The molecule has 4 rings (SSSR count). The molecule has 2 atom stereocenters. The maximum absolute atomic E-state index is 13.2. The van der Waals surface area contributed by atoms with Gasteiger partial charge in [0.2, 0.25) is 15.2 Å². The molecule has 0 amide bonds. The van der Waals surface area contributed by atoms with E-state index in [0.29, 0.717) is 39.5 Å². The molecule has 1 aromatic heterocycles. The largest absolute Gasteiger partial charge is 0.373 e. The predicted octanol–water partition coefficient (Wildman–Crippen LogP) is 5.36. The van der Waals surface area contributed by atoms with E-state index in [0.717, 1.165) is 5.56 Å². The Hall–Kier alpha value is -2.01. The van der Waals surface area contributed by atoms with Crippen LogP contribution in [0.3, 0.4) is 0 Å². The van der Waals surface area contributed by atoms with Crippen LogP contribution in [0.15, 0.2) is 57.8 Å². The first kappa shape index (κ1) is 24.1. The Kier molecular flexibility index (Phi) is 7.37. The van der Waals surface area contributed by atoms with Gasteiger partial charge < -0.3 is 4.74 Å². The molecule has 0 radical (unpaired) electrons. The molecule has 1 saturated heterocycles. The van der Waals surface area contributed by atoms with Crippen LogP contribution in [0.4, 0.5) is 5.13 Å². The van der Waals surface area contributed by atoms with Gasteiger partial charge in [-0.1, -0.05) is 41.4 Å². The van der Waals surface area contributed by atoms with Crippen LogP contribution in [0.25, 0.3) is 11.3 Å². The van der Waals surface area contributed by atoms with Crippen LogP contribution in [-0.2, 0) is 14.8 Å². The third-order valence-electron chi connectivity index (χ3n) is 4.98. The Bertz CT molecular complexity index is 1270. The number of nitrogens with one attached hydrogen (secondary N) is 1. The van der Waals surface area contributed by atoms with Crippen LogP contribution < -0.4 is 5.43 Å². The van der Waals surface area contributed by atoms with Gasteiger partial charge in [0.25, 0.3) is 0 Å². The van der Waals surface area contributed by atoms with E-state index in [-0.39, 0.29) is 17.1 Å². The van der Waals surface area contributed by atoms with Gasteiger partial charge in [-0.2, -0.15) is 9.41 Å². The summed E-state index contributed by atoms with van der Waals surface area (Å²) >= 11 is 13.4. The number of halogens is 2. The molecule has 0 unspecified atom stereocenters. The summed E-state index contributed by atoms with van der Waals surface area (Å²) in [6.07, 6.45) is 1.28. The van der Waals surface area contributed by atoms with E-state index < -0.39 is 10.0 Å².